The zero-order valence-electron chi connectivity index (χ0n) is 17.5. The Bertz CT molecular complexity index is 1050. The normalized spacial score (nSPS) is 18.3. The van der Waals surface area contributed by atoms with Crippen molar-refractivity contribution in [3.05, 3.63) is 64.9 Å². The lowest BCUT2D eigenvalue weighted by Gasteiger charge is -2.31. The SMILES string of the molecule is COCCC(=O)Nc1ccc2c(c1)C1CC=NC=C1C(=Nc1c(C)cccc1C)N2. The number of carbonyl (C=O) groups excluding carboxylic acids is 1. The maximum absolute atomic E-state index is 12.1. The fourth-order valence-corrected chi connectivity index (χ4v) is 3.88. The Hall–Kier alpha value is -3.25. The molecule has 4 rings (SSSR count). The molecule has 0 aromatic heterocycles. The van der Waals surface area contributed by atoms with Gasteiger partial charge in [0, 0.05) is 42.4 Å². The Kier molecular flexibility index (Phi) is 5.77. The van der Waals surface area contributed by atoms with E-state index in [0.717, 1.165) is 51.6 Å². The molecule has 0 radical (unpaired) electrons. The van der Waals surface area contributed by atoms with Crippen LogP contribution in [0.2, 0.25) is 0 Å². The molecule has 1 unspecified atom stereocenters. The first-order valence-corrected chi connectivity index (χ1v) is 10.1. The summed E-state index contributed by atoms with van der Waals surface area (Å²) >= 11 is 0. The zero-order chi connectivity index (χ0) is 21.1. The average molecular weight is 402 g/mol. The zero-order valence-corrected chi connectivity index (χ0v) is 17.5. The number of methoxy groups -OCH3 is 1. The number of nitrogens with one attached hydrogen (secondary N) is 2. The smallest absolute Gasteiger partial charge is 0.226 e. The first-order valence-electron chi connectivity index (χ1n) is 10.1. The summed E-state index contributed by atoms with van der Waals surface area (Å²) in [5.41, 5.74) is 7.26. The molecule has 2 aliphatic rings. The standard InChI is InChI=1S/C24H26N4O2/c1-15-5-4-6-16(2)23(15)28-24-20-14-25-11-9-18(20)19-13-17(7-8-21(19)27-24)26-22(29)10-12-30-3/h4-8,11,13-14,18H,9-10,12H2,1-3H3,(H,26,29)(H,27,28). The maximum atomic E-state index is 12.1. The quantitative estimate of drug-likeness (QED) is 0.749. The number of nitrogens with zero attached hydrogens (tertiary/aromatic N) is 2. The lowest BCUT2D eigenvalue weighted by Crippen LogP contribution is -2.28. The third-order valence-corrected chi connectivity index (χ3v) is 5.47. The summed E-state index contributed by atoms with van der Waals surface area (Å²) in [6.07, 6.45) is 4.96. The van der Waals surface area contributed by atoms with Crippen LogP contribution in [0, 0.1) is 13.8 Å². The maximum Gasteiger partial charge on any atom is 0.226 e. The lowest BCUT2D eigenvalue weighted by atomic mass is 9.83. The molecule has 1 atom stereocenters. The van der Waals surface area contributed by atoms with Gasteiger partial charge < -0.3 is 15.4 Å². The van der Waals surface area contributed by atoms with Gasteiger partial charge in [-0.05, 0) is 55.2 Å². The van der Waals surface area contributed by atoms with Gasteiger partial charge >= 0.3 is 0 Å². The summed E-state index contributed by atoms with van der Waals surface area (Å²) in [7, 11) is 1.59. The molecule has 2 heterocycles. The van der Waals surface area contributed by atoms with Crippen molar-refractivity contribution in [3.63, 3.8) is 0 Å². The van der Waals surface area contributed by atoms with E-state index in [1.165, 1.54) is 0 Å². The van der Waals surface area contributed by atoms with E-state index in [1.807, 2.05) is 36.7 Å². The van der Waals surface area contributed by atoms with Crippen molar-refractivity contribution in [2.45, 2.75) is 32.6 Å². The van der Waals surface area contributed by atoms with E-state index in [2.05, 4.69) is 41.6 Å². The number of rotatable bonds is 5. The van der Waals surface area contributed by atoms with E-state index in [0.29, 0.717) is 13.0 Å². The van der Waals surface area contributed by atoms with Crippen molar-refractivity contribution in [3.8, 4) is 0 Å². The lowest BCUT2D eigenvalue weighted by molar-refractivity contribution is -0.117. The molecule has 1 amide bonds. The summed E-state index contributed by atoms with van der Waals surface area (Å²) in [6.45, 7) is 4.56. The van der Waals surface area contributed by atoms with Crippen LogP contribution in [-0.4, -0.2) is 31.7 Å². The van der Waals surface area contributed by atoms with Gasteiger partial charge in [-0.3, -0.25) is 9.79 Å². The molecule has 0 saturated heterocycles. The second kappa shape index (κ2) is 8.63. The molecule has 30 heavy (non-hydrogen) atoms. The largest absolute Gasteiger partial charge is 0.384 e. The van der Waals surface area contributed by atoms with Gasteiger partial charge in [-0.15, -0.1) is 0 Å². The molecule has 2 aliphatic heterocycles. The van der Waals surface area contributed by atoms with Gasteiger partial charge in [0.05, 0.1) is 18.7 Å². The summed E-state index contributed by atoms with van der Waals surface area (Å²) in [5.74, 6) is 0.926. The molecule has 2 aromatic carbocycles. The van der Waals surface area contributed by atoms with Gasteiger partial charge in [0.2, 0.25) is 5.91 Å². The van der Waals surface area contributed by atoms with E-state index >= 15 is 0 Å². The number of aryl methyl sites for hydroxylation is 2. The van der Waals surface area contributed by atoms with Crippen molar-refractivity contribution in [2.24, 2.45) is 9.98 Å². The molecule has 0 spiro atoms. The topological polar surface area (TPSA) is 75.1 Å². The number of hydrogen-bond donors (Lipinski definition) is 2. The summed E-state index contributed by atoms with van der Waals surface area (Å²) < 4.78 is 4.98. The van der Waals surface area contributed by atoms with Crippen molar-refractivity contribution >= 4 is 35.0 Å². The van der Waals surface area contributed by atoms with Crippen molar-refractivity contribution < 1.29 is 9.53 Å². The van der Waals surface area contributed by atoms with Crippen molar-refractivity contribution in [1.82, 2.24) is 0 Å². The fraction of sp³-hybridized carbons (Fsp3) is 0.292. The number of aliphatic imine (C=N–C) groups is 2. The highest BCUT2D eigenvalue weighted by atomic mass is 16.5. The van der Waals surface area contributed by atoms with Crippen LogP contribution in [0.15, 0.2) is 58.2 Å². The number of benzene rings is 2. The predicted octanol–water partition coefficient (Wildman–Crippen LogP) is 4.88. The molecule has 0 saturated carbocycles. The van der Waals surface area contributed by atoms with Gasteiger partial charge in [-0.25, -0.2) is 4.99 Å². The van der Waals surface area contributed by atoms with E-state index in [1.54, 1.807) is 7.11 Å². The summed E-state index contributed by atoms with van der Waals surface area (Å²) in [5, 5.41) is 6.45. The number of hydrogen-bond acceptors (Lipinski definition) is 4. The fourth-order valence-electron chi connectivity index (χ4n) is 3.88. The average Bonchev–Trinajstić information content (AvgIpc) is 2.75. The number of ether oxygens (including phenoxy) is 1. The van der Waals surface area contributed by atoms with Gasteiger partial charge in [0.1, 0.15) is 5.84 Å². The van der Waals surface area contributed by atoms with E-state index in [-0.39, 0.29) is 11.8 Å². The highest BCUT2D eigenvalue weighted by molar-refractivity contribution is 6.13. The van der Waals surface area contributed by atoms with E-state index in [9.17, 15) is 4.79 Å². The van der Waals surface area contributed by atoms with Crippen LogP contribution in [0.5, 0.6) is 0 Å². The molecular weight excluding hydrogens is 376 g/mol. The Balaban J connectivity index is 1.69. The molecule has 0 fully saturated rings. The predicted molar refractivity (Wildman–Crippen MR) is 122 cm³/mol. The van der Waals surface area contributed by atoms with Crippen LogP contribution >= 0.6 is 0 Å². The van der Waals surface area contributed by atoms with Gasteiger partial charge in [0.25, 0.3) is 0 Å². The van der Waals surface area contributed by atoms with Crippen LogP contribution in [-0.2, 0) is 9.53 Å². The number of para-hydroxylation sites is 1. The number of carbonyl (C=O) groups is 1. The summed E-state index contributed by atoms with van der Waals surface area (Å²) in [6, 6.07) is 12.2. The number of fused-ring (bicyclic) bond motifs is 3. The van der Waals surface area contributed by atoms with E-state index in [4.69, 9.17) is 9.73 Å². The highest BCUT2D eigenvalue weighted by Crippen LogP contribution is 2.41. The van der Waals surface area contributed by atoms with Crippen LogP contribution in [0.3, 0.4) is 0 Å². The first kappa shape index (κ1) is 20.0. The van der Waals surface area contributed by atoms with Crippen LogP contribution < -0.4 is 10.6 Å². The molecule has 2 aromatic rings. The summed E-state index contributed by atoms with van der Waals surface area (Å²) in [4.78, 5) is 21.5. The second-order valence-electron chi connectivity index (χ2n) is 7.62. The minimum absolute atomic E-state index is 0.0566. The van der Waals surface area contributed by atoms with Crippen molar-refractivity contribution in [2.75, 3.05) is 24.4 Å². The van der Waals surface area contributed by atoms with Gasteiger partial charge in [0.15, 0.2) is 0 Å². The first-order chi connectivity index (χ1) is 14.6. The Labute approximate surface area is 176 Å². The van der Waals surface area contributed by atoms with Crippen LogP contribution in [0.4, 0.5) is 17.1 Å². The van der Waals surface area contributed by atoms with Gasteiger partial charge in [-0.1, -0.05) is 18.2 Å². The number of amides is 1. The van der Waals surface area contributed by atoms with Crippen LogP contribution in [0.25, 0.3) is 0 Å². The van der Waals surface area contributed by atoms with Gasteiger partial charge in [-0.2, -0.15) is 0 Å². The van der Waals surface area contributed by atoms with Crippen molar-refractivity contribution in [1.29, 1.82) is 0 Å². The number of anilines is 2. The Morgan fingerprint density at radius 2 is 2.07 bits per heavy atom. The molecule has 0 aliphatic carbocycles. The molecule has 6 heteroatoms. The Morgan fingerprint density at radius 3 is 2.83 bits per heavy atom. The highest BCUT2D eigenvalue weighted by Gasteiger charge is 2.30. The van der Waals surface area contributed by atoms with Crippen LogP contribution in [0.1, 0.15) is 35.4 Å². The molecule has 6 nitrogen and oxygen atoms in total. The third kappa shape index (κ3) is 4.04. The monoisotopic (exact) mass is 402 g/mol. The Morgan fingerprint density at radius 1 is 1.27 bits per heavy atom. The molecule has 154 valence electrons. The minimum Gasteiger partial charge on any atom is -0.384 e. The second-order valence-corrected chi connectivity index (χ2v) is 7.62. The number of amidine groups is 1. The third-order valence-electron chi connectivity index (χ3n) is 5.47. The molecular formula is C24H26N4O2. The van der Waals surface area contributed by atoms with E-state index < -0.39 is 0 Å². The molecule has 2 N–H and O–H groups in total. The minimum atomic E-state index is -0.0566. The molecule has 0 bridgehead atoms.